The zero-order chi connectivity index (χ0) is 10.6. The Labute approximate surface area is 102 Å². The van der Waals surface area contributed by atoms with Gasteiger partial charge >= 0.3 is 0 Å². The Morgan fingerprint density at radius 3 is 2.21 bits per heavy atom. The first-order valence-electron chi connectivity index (χ1n) is 5.82. The lowest BCUT2D eigenvalue weighted by molar-refractivity contribution is -0.0722. The van der Waals surface area contributed by atoms with Gasteiger partial charge in [0, 0.05) is 4.43 Å². The van der Waals surface area contributed by atoms with Gasteiger partial charge in [0.2, 0.25) is 0 Å². The minimum Gasteiger partial charge on any atom is -0.371 e. The van der Waals surface area contributed by atoms with E-state index in [4.69, 9.17) is 4.74 Å². The van der Waals surface area contributed by atoms with Crippen LogP contribution in [-0.4, -0.2) is 16.1 Å². The second kappa shape index (κ2) is 5.69. The first kappa shape index (κ1) is 12.8. The van der Waals surface area contributed by atoms with Crippen LogP contribution in [0.25, 0.3) is 0 Å². The molecule has 0 bridgehead atoms. The van der Waals surface area contributed by atoms with Crippen LogP contribution in [0.2, 0.25) is 0 Å². The molecule has 0 aromatic heterocycles. The highest BCUT2D eigenvalue weighted by atomic mass is 127. The largest absolute Gasteiger partial charge is 0.371 e. The number of hydrogen-bond donors (Lipinski definition) is 0. The van der Waals surface area contributed by atoms with Crippen LogP contribution >= 0.6 is 22.6 Å². The number of alkyl halides is 1. The van der Waals surface area contributed by atoms with Gasteiger partial charge in [-0.15, -0.1) is 0 Å². The fourth-order valence-electron chi connectivity index (χ4n) is 2.44. The minimum absolute atomic E-state index is 0.231. The number of ether oxygens (including phenoxy) is 1. The Kier molecular flexibility index (Phi) is 5.18. The van der Waals surface area contributed by atoms with Crippen LogP contribution in [0.4, 0.5) is 0 Å². The van der Waals surface area contributed by atoms with Crippen molar-refractivity contribution < 1.29 is 4.74 Å². The molecule has 1 nitrogen and oxygen atoms in total. The van der Waals surface area contributed by atoms with E-state index in [0.717, 1.165) is 10.3 Å². The van der Waals surface area contributed by atoms with Gasteiger partial charge in [0.05, 0.1) is 11.7 Å². The van der Waals surface area contributed by atoms with Crippen LogP contribution in [0.1, 0.15) is 52.9 Å². The van der Waals surface area contributed by atoms with Gasteiger partial charge in [-0.05, 0) is 32.1 Å². The van der Waals surface area contributed by atoms with Crippen molar-refractivity contribution in [3.8, 4) is 0 Å². The maximum absolute atomic E-state index is 6.25. The summed E-state index contributed by atoms with van der Waals surface area (Å²) in [4.78, 5) is 0. The summed E-state index contributed by atoms with van der Waals surface area (Å²) in [6.45, 7) is 6.77. The SMILES string of the molecule is CC(C)CC(C)OC1(CI)CCCC1. The Balaban J connectivity index is 2.39. The molecule has 1 aliphatic carbocycles. The molecule has 1 fully saturated rings. The van der Waals surface area contributed by atoms with E-state index >= 15 is 0 Å². The summed E-state index contributed by atoms with van der Waals surface area (Å²) in [6, 6.07) is 0. The molecule has 2 heteroatoms. The Morgan fingerprint density at radius 1 is 1.21 bits per heavy atom. The van der Waals surface area contributed by atoms with Crippen molar-refractivity contribution in [2.75, 3.05) is 4.43 Å². The zero-order valence-electron chi connectivity index (χ0n) is 9.68. The molecule has 0 N–H and O–H groups in total. The second-order valence-electron chi connectivity index (χ2n) is 5.08. The van der Waals surface area contributed by atoms with Crippen LogP contribution in [0, 0.1) is 5.92 Å². The van der Waals surface area contributed by atoms with Crippen molar-refractivity contribution in [1.82, 2.24) is 0 Å². The van der Waals surface area contributed by atoms with E-state index in [1.165, 1.54) is 32.1 Å². The van der Waals surface area contributed by atoms with Gasteiger partial charge in [-0.3, -0.25) is 0 Å². The average Bonchev–Trinajstić information content (AvgIpc) is 2.52. The molecule has 0 amide bonds. The fourth-order valence-corrected chi connectivity index (χ4v) is 3.38. The van der Waals surface area contributed by atoms with E-state index in [-0.39, 0.29) is 5.60 Å². The number of rotatable bonds is 5. The number of halogens is 1. The molecule has 1 rings (SSSR count). The molecule has 0 spiro atoms. The summed E-state index contributed by atoms with van der Waals surface area (Å²) in [7, 11) is 0. The third-order valence-electron chi connectivity index (χ3n) is 3.01. The Bertz CT molecular complexity index is 162. The zero-order valence-corrected chi connectivity index (χ0v) is 11.8. The summed E-state index contributed by atoms with van der Waals surface area (Å²) in [6.07, 6.45) is 6.90. The van der Waals surface area contributed by atoms with E-state index in [2.05, 4.69) is 43.4 Å². The molecule has 0 radical (unpaired) electrons. The fraction of sp³-hybridized carbons (Fsp3) is 1.00. The minimum atomic E-state index is 0.231. The molecule has 0 aromatic rings. The summed E-state index contributed by atoms with van der Waals surface area (Å²) < 4.78 is 7.41. The lowest BCUT2D eigenvalue weighted by atomic mass is 10.0. The number of hydrogen-bond acceptors (Lipinski definition) is 1. The van der Waals surface area contributed by atoms with Crippen molar-refractivity contribution in [2.45, 2.75) is 64.6 Å². The standard InChI is InChI=1S/C12H23IO/c1-10(2)8-11(3)14-12(9-13)6-4-5-7-12/h10-11H,4-9H2,1-3H3. The van der Waals surface area contributed by atoms with E-state index in [1.807, 2.05) is 0 Å². The van der Waals surface area contributed by atoms with Crippen LogP contribution in [-0.2, 0) is 4.74 Å². The maximum atomic E-state index is 6.25. The second-order valence-corrected chi connectivity index (χ2v) is 5.84. The van der Waals surface area contributed by atoms with Crippen LogP contribution in [0.3, 0.4) is 0 Å². The average molecular weight is 310 g/mol. The van der Waals surface area contributed by atoms with Gasteiger partial charge in [-0.1, -0.05) is 49.3 Å². The molecule has 0 aromatic carbocycles. The van der Waals surface area contributed by atoms with Crippen molar-refractivity contribution in [1.29, 1.82) is 0 Å². The van der Waals surface area contributed by atoms with Crippen LogP contribution < -0.4 is 0 Å². The molecule has 0 aliphatic heterocycles. The van der Waals surface area contributed by atoms with Gasteiger partial charge in [-0.2, -0.15) is 0 Å². The van der Waals surface area contributed by atoms with Crippen molar-refractivity contribution in [2.24, 2.45) is 5.92 Å². The molecular weight excluding hydrogens is 287 g/mol. The molecule has 1 aliphatic rings. The molecule has 0 heterocycles. The lowest BCUT2D eigenvalue weighted by Crippen LogP contribution is -2.35. The van der Waals surface area contributed by atoms with Gasteiger partial charge in [0.1, 0.15) is 0 Å². The predicted molar refractivity (Wildman–Crippen MR) is 70.1 cm³/mol. The molecule has 0 saturated heterocycles. The predicted octanol–water partition coefficient (Wildman–Crippen LogP) is 4.19. The van der Waals surface area contributed by atoms with Gasteiger partial charge in [0.25, 0.3) is 0 Å². The first-order valence-corrected chi connectivity index (χ1v) is 7.34. The highest BCUT2D eigenvalue weighted by molar-refractivity contribution is 14.1. The van der Waals surface area contributed by atoms with Gasteiger partial charge in [-0.25, -0.2) is 0 Å². The highest BCUT2D eigenvalue weighted by Gasteiger charge is 2.35. The third-order valence-corrected chi connectivity index (χ3v) is 4.40. The lowest BCUT2D eigenvalue weighted by Gasteiger charge is -2.31. The van der Waals surface area contributed by atoms with Crippen molar-refractivity contribution in [3.05, 3.63) is 0 Å². The van der Waals surface area contributed by atoms with E-state index in [1.54, 1.807) is 0 Å². The maximum Gasteiger partial charge on any atom is 0.0775 e. The first-order chi connectivity index (χ1) is 6.58. The van der Waals surface area contributed by atoms with Gasteiger partial charge in [0.15, 0.2) is 0 Å². The topological polar surface area (TPSA) is 9.23 Å². The molecule has 1 atom stereocenters. The van der Waals surface area contributed by atoms with E-state index in [9.17, 15) is 0 Å². The van der Waals surface area contributed by atoms with Crippen molar-refractivity contribution in [3.63, 3.8) is 0 Å². The highest BCUT2D eigenvalue weighted by Crippen LogP contribution is 2.36. The van der Waals surface area contributed by atoms with E-state index in [0.29, 0.717) is 6.10 Å². The Hall–Kier alpha value is 0.690. The molecule has 1 unspecified atom stereocenters. The quantitative estimate of drug-likeness (QED) is 0.546. The summed E-state index contributed by atoms with van der Waals surface area (Å²) in [5.41, 5.74) is 0.231. The Morgan fingerprint density at radius 2 is 1.79 bits per heavy atom. The van der Waals surface area contributed by atoms with Crippen LogP contribution in [0.15, 0.2) is 0 Å². The smallest absolute Gasteiger partial charge is 0.0775 e. The molecule has 1 saturated carbocycles. The monoisotopic (exact) mass is 310 g/mol. The molecule has 14 heavy (non-hydrogen) atoms. The summed E-state index contributed by atoms with van der Waals surface area (Å²) in [5, 5.41) is 0. The van der Waals surface area contributed by atoms with Gasteiger partial charge < -0.3 is 4.74 Å². The normalized spacial score (nSPS) is 22.9. The molecule has 84 valence electrons. The van der Waals surface area contributed by atoms with Crippen molar-refractivity contribution >= 4 is 22.6 Å². The summed E-state index contributed by atoms with van der Waals surface area (Å²) in [5.74, 6) is 0.748. The molecular formula is C12H23IO. The van der Waals surface area contributed by atoms with Crippen LogP contribution in [0.5, 0.6) is 0 Å². The van der Waals surface area contributed by atoms with E-state index < -0.39 is 0 Å². The third kappa shape index (κ3) is 3.69. The summed E-state index contributed by atoms with van der Waals surface area (Å²) >= 11 is 2.48.